The van der Waals surface area contributed by atoms with Gasteiger partial charge in [-0.25, -0.2) is 4.79 Å². The molecular weight excluding hydrogens is 346 g/mol. The summed E-state index contributed by atoms with van der Waals surface area (Å²) in [4.78, 5) is 24.3. The Labute approximate surface area is 159 Å². The highest BCUT2D eigenvalue weighted by molar-refractivity contribution is 5.82. The molecule has 2 aromatic rings. The van der Waals surface area contributed by atoms with Gasteiger partial charge in [0.1, 0.15) is 11.3 Å². The molecule has 1 aromatic carbocycles. The topological polar surface area (TPSA) is 77.8 Å². The first-order chi connectivity index (χ1) is 12.9. The lowest BCUT2D eigenvalue weighted by molar-refractivity contribution is -0.121. The third-order valence-corrected chi connectivity index (χ3v) is 4.34. The number of ether oxygens (including phenoxy) is 2. The van der Waals surface area contributed by atoms with Gasteiger partial charge in [-0.1, -0.05) is 13.8 Å². The number of methoxy groups -OCH3 is 1. The Hall–Kier alpha value is -2.34. The maximum atomic E-state index is 12.3. The predicted molar refractivity (Wildman–Crippen MR) is 105 cm³/mol. The van der Waals surface area contributed by atoms with Crippen molar-refractivity contribution in [3.63, 3.8) is 0 Å². The van der Waals surface area contributed by atoms with Crippen LogP contribution in [0.4, 0.5) is 0 Å². The van der Waals surface area contributed by atoms with E-state index in [1.54, 1.807) is 13.2 Å². The monoisotopic (exact) mass is 375 g/mol. The third-order valence-electron chi connectivity index (χ3n) is 4.34. The van der Waals surface area contributed by atoms with E-state index in [1.807, 2.05) is 19.1 Å². The van der Waals surface area contributed by atoms with Gasteiger partial charge in [-0.3, -0.25) is 4.79 Å². The van der Waals surface area contributed by atoms with Crippen molar-refractivity contribution < 1.29 is 18.7 Å². The summed E-state index contributed by atoms with van der Waals surface area (Å²) in [5, 5.41) is 3.72. The van der Waals surface area contributed by atoms with E-state index < -0.39 is 5.63 Å². The number of nitrogens with one attached hydrogen (secondary N) is 1. The summed E-state index contributed by atoms with van der Waals surface area (Å²) in [6.07, 6.45) is 1.38. The number of fused-ring (bicyclic) bond motifs is 1. The molecule has 1 N–H and O–H groups in total. The Balaban J connectivity index is 1.89. The summed E-state index contributed by atoms with van der Waals surface area (Å²) >= 11 is 0. The molecule has 0 unspecified atom stereocenters. The van der Waals surface area contributed by atoms with Crippen molar-refractivity contribution in [2.45, 2.75) is 40.0 Å². The number of carbonyl (C=O) groups is 1. The van der Waals surface area contributed by atoms with Crippen LogP contribution in [-0.4, -0.2) is 32.8 Å². The molecule has 0 aliphatic rings. The minimum atomic E-state index is -0.400. The molecule has 0 aliphatic carbocycles. The second-order valence-electron chi connectivity index (χ2n) is 7.03. The molecule has 1 amide bonds. The van der Waals surface area contributed by atoms with Crippen molar-refractivity contribution in [3.05, 3.63) is 39.7 Å². The van der Waals surface area contributed by atoms with Crippen LogP contribution in [0.15, 0.2) is 27.4 Å². The molecule has 0 atom stereocenters. The van der Waals surface area contributed by atoms with E-state index in [0.29, 0.717) is 42.4 Å². The highest BCUT2D eigenvalue weighted by Gasteiger charge is 2.13. The van der Waals surface area contributed by atoms with E-state index in [2.05, 4.69) is 19.2 Å². The van der Waals surface area contributed by atoms with E-state index in [-0.39, 0.29) is 12.3 Å². The summed E-state index contributed by atoms with van der Waals surface area (Å²) < 4.78 is 16.1. The molecule has 0 bridgehead atoms. The molecule has 0 aliphatic heterocycles. The van der Waals surface area contributed by atoms with Crippen LogP contribution in [0.2, 0.25) is 0 Å². The Kier molecular flexibility index (Phi) is 7.85. The first kappa shape index (κ1) is 21.0. The number of amides is 1. The molecule has 148 valence electrons. The van der Waals surface area contributed by atoms with Crippen LogP contribution in [0.3, 0.4) is 0 Å². The fraction of sp³-hybridized carbons (Fsp3) is 0.524. The van der Waals surface area contributed by atoms with Gasteiger partial charge in [0.05, 0.1) is 7.11 Å². The largest absolute Gasteiger partial charge is 0.497 e. The van der Waals surface area contributed by atoms with E-state index in [4.69, 9.17) is 13.9 Å². The molecule has 0 radical (unpaired) electrons. The van der Waals surface area contributed by atoms with Crippen LogP contribution in [0.5, 0.6) is 5.75 Å². The lowest BCUT2D eigenvalue weighted by atomic mass is 10.0. The lowest BCUT2D eigenvalue weighted by Gasteiger charge is -2.10. The van der Waals surface area contributed by atoms with Crippen molar-refractivity contribution >= 4 is 16.9 Å². The SMILES string of the molecule is COc1ccc2c(C)c(CCC(=O)NCCCOCC(C)C)c(=O)oc2c1. The average molecular weight is 375 g/mol. The quantitative estimate of drug-likeness (QED) is 0.510. The molecule has 0 saturated carbocycles. The van der Waals surface area contributed by atoms with Crippen molar-refractivity contribution in [2.75, 3.05) is 26.9 Å². The summed E-state index contributed by atoms with van der Waals surface area (Å²) in [7, 11) is 1.57. The third kappa shape index (κ3) is 6.10. The Morgan fingerprint density at radius 3 is 2.78 bits per heavy atom. The van der Waals surface area contributed by atoms with Crippen LogP contribution in [0.1, 0.15) is 37.8 Å². The molecule has 6 nitrogen and oxygen atoms in total. The lowest BCUT2D eigenvalue weighted by Crippen LogP contribution is -2.26. The Morgan fingerprint density at radius 2 is 2.07 bits per heavy atom. The second-order valence-corrected chi connectivity index (χ2v) is 7.03. The highest BCUT2D eigenvalue weighted by atomic mass is 16.5. The fourth-order valence-electron chi connectivity index (χ4n) is 2.84. The van der Waals surface area contributed by atoms with Crippen molar-refractivity contribution in [1.82, 2.24) is 5.32 Å². The molecule has 27 heavy (non-hydrogen) atoms. The van der Waals surface area contributed by atoms with Gasteiger partial charge in [-0.05, 0) is 43.4 Å². The van der Waals surface area contributed by atoms with Gasteiger partial charge < -0.3 is 19.2 Å². The van der Waals surface area contributed by atoms with Crippen LogP contribution in [0.25, 0.3) is 11.0 Å². The predicted octanol–water partition coefficient (Wildman–Crippen LogP) is 3.22. The highest BCUT2D eigenvalue weighted by Crippen LogP contribution is 2.24. The minimum absolute atomic E-state index is 0.0764. The number of rotatable bonds is 10. The van der Waals surface area contributed by atoms with Crippen LogP contribution in [0, 0.1) is 12.8 Å². The smallest absolute Gasteiger partial charge is 0.339 e. The van der Waals surface area contributed by atoms with Crippen molar-refractivity contribution in [3.8, 4) is 5.75 Å². The average Bonchev–Trinajstić information content (AvgIpc) is 2.63. The van der Waals surface area contributed by atoms with Crippen LogP contribution < -0.4 is 15.7 Å². The summed E-state index contributed by atoms with van der Waals surface area (Å²) in [6, 6.07) is 5.39. The molecule has 0 fully saturated rings. The number of aryl methyl sites for hydroxylation is 1. The van der Waals surface area contributed by atoms with Crippen LogP contribution in [-0.2, 0) is 16.0 Å². The van der Waals surface area contributed by atoms with Crippen LogP contribution >= 0.6 is 0 Å². The zero-order valence-electron chi connectivity index (χ0n) is 16.6. The van der Waals surface area contributed by atoms with E-state index in [9.17, 15) is 9.59 Å². The van der Waals surface area contributed by atoms with Gasteiger partial charge >= 0.3 is 5.63 Å². The number of hydrogen-bond donors (Lipinski definition) is 1. The van der Waals surface area contributed by atoms with Gasteiger partial charge in [-0.15, -0.1) is 0 Å². The first-order valence-electron chi connectivity index (χ1n) is 9.37. The normalized spacial score (nSPS) is 11.1. The first-order valence-corrected chi connectivity index (χ1v) is 9.37. The maximum Gasteiger partial charge on any atom is 0.339 e. The molecule has 1 aromatic heterocycles. The van der Waals surface area contributed by atoms with Crippen molar-refractivity contribution in [1.29, 1.82) is 0 Å². The Morgan fingerprint density at radius 1 is 1.30 bits per heavy atom. The molecular formula is C21H29NO5. The van der Waals surface area contributed by atoms with E-state index in [0.717, 1.165) is 24.0 Å². The Bertz CT molecular complexity index is 825. The molecule has 2 rings (SSSR count). The minimum Gasteiger partial charge on any atom is -0.497 e. The second kappa shape index (κ2) is 10.1. The van der Waals surface area contributed by atoms with Gasteiger partial charge in [0.25, 0.3) is 0 Å². The van der Waals surface area contributed by atoms with Gasteiger partial charge in [0, 0.05) is 43.2 Å². The zero-order valence-corrected chi connectivity index (χ0v) is 16.6. The number of hydrogen-bond acceptors (Lipinski definition) is 5. The summed E-state index contributed by atoms with van der Waals surface area (Å²) in [5.74, 6) is 1.07. The zero-order chi connectivity index (χ0) is 19.8. The summed E-state index contributed by atoms with van der Waals surface area (Å²) in [6.45, 7) is 8.02. The molecule has 6 heteroatoms. The number of benzene rings is 1. The standard InChI is InChI=1S/C21H29NO5/c1-14(2)13-26-11-5-10-22-20(23)9-8-18-15(3)17-7-6-16(25-4)12-19(17)27-21(18)24/h6-7,12,14H,5,8-11,13H2,1-4H3,(H,22,23). The van der Waals surface area contributed by atoms with Gasteiger partial charge in [0.15, 0.2) is 0 Å². The molecule has 0 saturated heterocycles. The number of carbonyl (C=O) groups excluding carboxylic acids is 1. The fourth-order valence-corrected chi connectivity index (χ4v) is 2.84. The van der Waals surface area contributed by atoms with E-state index >= 15 is 0 Å². The maximum absolute atomic E-state index is 12.3. The summed E-state index contributed by atoms with van der Waals surface area (Å²) in [5.41, 5.74) is 1.48. The van der Waals surface area contributed by atoms with Gasteiger partial charge in [-0.2, -0.15) is 0 Å². The van der Waals surface area contributed by atoms with Gasteiger partial charge in [0.2, 0.25) is 5.91 Å². The van der Waals surface area contributed by atoms with Crippen molar-refractivity contribution in [2.24, 2.45) is 5.92 Å². The molecule has 0 spiro atoms. The van der Waals surface area contributed by atoms with E-state index in [1.165, 1.54) is 0 Å². The molecule has 1 heterocycles.